The Kier molecular flexibility index (Phi) is 5.98. The van der Waals surface area contributed by atoms with E-state index in [0.717, 1.165) is 10.9 Å². The predicted octanol–water partition coefficient (Wildman–Crippen LogP) is 2.15. The summed E-state index contributed by atoms with van der Waals surface area (Å²) in [6.07, 6.45) is 0. The molecule has 2 aromatic rings. The van der Waals surface area contributed by atoms with Gasteiger partial charge in [-0.1, -0.05) is 6.92 Å². The van der Waals surface area contributed by atoms with Crippen molar-refractivity contribution in [3.63, 3.8) is 0 Å². The van der Waals surface area contributed by atoms with Crippen molar-refractivity contribution in [3.05, 3.63) is 40.2 Å². The highest BCUT2D eigenvalue weighted by atomic mass is 16.5. The number of hydrogen-bond donors (Lipinski definition) is 1. The van der Waals surface area contributed by atoms with Gasteiger partial charge in [-0.25, -0.2) is 4.79 Å². The van der Waals surface area contributed by atoms with Crippen LogP contribution >= 0.6 is 0 Å². The summed E-state index contributed by atoms with van der Waals surface area (Å²) in [6.45, 7) is 7.32. The molecule has 0 aliphatic heterocycles. The lowest BCUT2D eigenvalue weighted by Gasteiger charge is -2.21. The number of fused-ring (bicyclic) bond motifs is 1. The average Bonchev–Trinajstić information content (AvgIpc) is 2.52. The number of ether oxygens (including phenoxy) is 1. The van der Waals surface area contributed by atoms with Crippen LogP contribution in [0, 0.1) is 0 Å². The molecule has 0 aliphatic rings. The molecule has 2 rings (SSSR count). The number of nitrogens with one attached hydrogen (secondary N) is 1. The van der Waals surface area contributed by atoms with E-state index in [1.807, 2.05) is 37.8 Å². The lowest BCUT2D eigenvalue weighted by molar-refractivity contribution is -0.122. The van der Waals surface area contributed by atoms with Gasteiger partial charge >= 0.3 is 5.63 Å². The summed E-state index contributed by atoms with van der Waals surface area (Å²) in [6, 6.07) is 6.98. The van der Waals surface area contributed by atoms with Crippen molar-refractivity contribution < 1.29 is 13.9 Å². The second-order valence-corrected chi connectivity index (χ2v) is 5.98. The smallest absolute Gasteiger partial charge is 0.336 e. The first-order valence-electron chi connectivity index (χ1n) is 8.05. The van der Waals surface area contributed by atoms with Crippen LogP contribution < -0.4 is 15.7 Å². The third kappa shape index (κ3) is 4.58. The molecule has 6 heteroatoms. The quantitative estimate of drug-likeness (QED) is 0.787. The van der Waals surface area contributed by atoms with E-state index >= 15 is 0 Å². The van der Waals surface area contributed by atoms with Crippen LogP contribution in [0.3, 0.4) is 0 Å². The normalized spacial score (nSPS) is 11.2. The van der Waals surface area contributed by atoms with E-state index in [-0.39, 0.29) is 18.5 Å². The zero-order valence-electron chi connectivity index (χ0n) is 14.6. The number of benzene rings is 1. The van der Waals surface area contributed by atoms with Crippen LogP contribution in [0.2, 0.25) is 0 Å². The molecule has 0 atom stereocenters. The molecular formula is C18H24N2O4. The summed E-state index contributed by atoms with van der Waals surface area (Å²) >= 11 is 0. The van der Waals surface area contributed by atoms with Gasteiger partial charge in [-0.15, -0.1) is 0 Å². The number of nitrogens with zero attached hydrogens (tertiary/aromatic N) is 1. The first-order chi connectivity index (χ1) is 11.4. The fraction of sp³-hybridized carbons (Fsp3) is 0.444. The molecule has 1 aromatic heterocycles. The molecule has 0 saturated heterocycles. The van der Waals surface area contributed by atoms with Crippen LogP contribution in [0.5, 0.6) is 5.75 Å². The third-order valence-corrected chi connectivity index (χ3v) is 3.70. The Balaban J connectivity index is 2.27. The summed E-state index contributed by atoms with van der Waals surface area (Å²) in [5.41, 5.74) is 0.913. The summed E-state index contributed by atoms with van der Waals surface area (Å²) in [5, 5.41) is 3.73. The summed E-state index contributed by atoms with van der Waals surface area (Å²) in [7, 11) is 1.56. The van der Waals surface area contributed by atoms with E-state index in [9.17, 15) is 9.59 Å². The number of amides is 1. The standard InChI is InChI=1S/C18H24N2O4/c1-5-20(11-17(21)19-12(2)3)10-13-8-18(22)24-16-9-14(23-4)6-7-15(13)16/h6-9,12H,5,10-11H2,1-4H3,(H,19,21). The zero-order chi connectivity index (χ0) is 17.7. The van der Waals surface area contributed by atoms with Gasteiger partial charge in [0.05, 0.1) is 13.7 Å². The van der Waals surface area contributed by atoms with Crippen molar-refractivity contribution in [1.82, 2.24) is 10.2 Å². The predicted molar refractivity (Wildman–Crippen MR) is 93.3 cm³/mol. The first-order valence-corrected chi connectivity index (χ1v) is 8.05. The van der Waals surface area contributed by atoms with E-state index in [1.165, 1.54) is 6.07 Å². The Hall–Kier alpha value is -2.34. The van der Waals surface area contributed by atoms with Crippen LogP contribution in [0.25, 0.3) is 11.0 Å². The minimum atomic E-state index is -0.409. The van der Waals surface area contributed by atoms with Crippen molar-refractivity contribution in [3.8, 4) is 5.75 Å². The number of carbonyl (C=O) groups is 1. The highest BCUT2D eigenvalue weighted by molar-refractivity contribution is 5.82. The Morgan fingerprint density at radius 3 is 2.71 bits per heavy atom. The second-order valence-electron chi connectivity index (χ2n) is 5.98. The summed E-state index contributed by atoms with van der Waals surface area (Å²) in [5.74, 6) is 0.604. The maximum Gasteiger partial charge on any atom is 0.336 e. The van der Waals surface area contributed by atoms with Gasteiger partial charge in [0.25, 0.3) is 0 Å². The van der Waals surface area contributed by atoms with E-state index in [4.69, 9.17) is 9.15 Å². The van der Waals surface area contributed by atoms with Gasteiger partial charge in [0.15, 0.2) is 0 Å². The lowest BCUT2D eigenvalue weighted by atomic mass is 10.1. The van der Waals surface area contributed by atoms with Gasteiger partial charge in [0, 0.05) is 30.1 Å². The molecule has 0 bridgehead atoms. The largest absolute Gasteiger partial charge is 0.497 e. The Bertz CT molecular complexity index is 767. The van der Waals surface area contributed by atoms with Crippen LogP contribution in [0.4, 0.5) is 0 Å². The molecule has 1 amide bonds. The molecule has 0 aliphatic carbocycles. The van der Waals surface area contributed by atoms with E-state index in [0.29, 0.717) is 24.4 Å². The maximum absolute atomic E-state index is 12.0. The van der Waals surface area contributed by atoms with Gasteiger partial charge in [-0.3, -0.25) is 9.69 Å². The monoisotopic (exact) mass is 332 g/mol. The zero-order valence-corrected chi connectivity index (χ0v) is 14.6. The van der Waals surface area contributed by atoms with Crippen molar-refractivity contribution in [2.75, 3.05) is 20.2 Å². The van der Waals surface area contributed by atoms with Gasteiger partial charge < -0.3 is 14.5 Å². The topological polar surface area (TPSA) is 71.8 Å². The Labute approximate surface area is 141 Å². The van der Waals surface area contributed by atoms with Crippen LogP contribution in [0.1, 0.15) is 26.3 Å². The number of carbonyl (C=O) groups excluding carboxylic acids is 1. The Morgan fingerprint density at radius 1 is 1.33 bits per heavy atom. The van der Waals surface area contributed by atoms with Gasteiger partial charge in [0.2, 0.25) is 5.91 Å². The number of likely N-dealkylation sites (N-methyl/N-ethyl adjacent to an activating group) is 1. The summed E-state index contributed by atoms with van der Waals surface area (Å²) < 4.78 is 10.4. The highest BCUT2D eigenvalue weighted by Gasteiger charge is 2.14. The minimum Gasteiger partial charge on any atom is -0.497 e. The molecule has 24 heavy (non-hydrogen) atoms. The van der Waals surface area contributed by atoms with Gasteiger partial charge in [0.1, 0.15) is 11.3 Å². The molecule has 0 fully saturated rings. The fourth-order valence-electron chi connectivity index (χ4n) is 2.56. The molecule has 0 unspecified atom stereocenters. The molecule has 1 heterocycles. The number of rotatable bonds is 7. The maximum atomic E-state index is 12.0. The second kappa shape index (κ2) is 7.97. The van der Waals surface area contributed by atoms with Crippen LogP contribution in [-0.2, 0) is 11.3 Å². The molecule has 1 N–H and O–H groups in total. The number of hydrogen-bond acceptors (Lipinski definition) is 5. The van der Waals surface area contributed by atoms with Crippen LogP contribution in [-0.4, -0.2) is 37.0 Å². The summed E-state index contributed by atoms with van der Waals surface area (Å²) in [4.78, 5) is 25.8. The van der Waals surface area contributed by atoms with Crippen molar-refractivity contribution in [1.29, 1.82) is 0 Å². The fourth-order valence-corrected chi connectivity index (χ4v) is 2.56. The van der Waals surface area contributed by atoms with Gasteiger partial charge in [-0.05, 0) is 38.1 Å². The highest BCUT2D eigenvalue weighted by Crippen LogP contribution is 2.23. The molecule has 1 aromatic carbocycles. The Morgan fingerprint density at radius 2 is 2.08 bits per heavy atom. The van der Waals surface area contributed by atoms with Crippen LogP contribution in [0.15, 0.2) is 33.5 Å². The molecule has 0 spiro atoms. The SMILES string of the molecule is CCN(CC(=O)NC(C)C)Cc1cc(=O)oc2cc(OC)ccc12. The first kappa shape index (κ1) is 18.0. The van der Waals surface area contributed by atoms with E-state index < -0.39 is 5.63 Å². The van der Waals surface area contributed by atoms with E-state index in [1.54, 1.807) is 13.2 Å². The molecule has 130 valence electrons. The molecular weight excluding hydrogens is 308 g/mol. The molecule has 0 radical (unpaired) electrons. The van der Waals surface area contributed by atoms with Crippen molar-refractivity contribution in [2.24, 2.45) is 0 Å². The van der Waals surface area contributed by atoms with Gasteiger partial charge in [-0.2, -0.15) is 0 Å². The van der Waals surface area contributed by atoms with Crippen molar-refractivity contribution in [2.45, 2.75) is 33.4 Å². The number of methoxy groups -OCH3 is 1. The van der Waals surface area contributed by atoms with E-state index in [2.05, 4.69) is 5.32 Å². The molecule has 0 saturated carbocycles. The lowest BCUT2D eigenvalue weighted by Crippen LogP contribution is -2.39. The molecule has 6 nitrogen and oxygen atoms in total. The third-order valence-electron chi connectivity index (χ3n) is 3.70. The average molecular weight is 332 g/mol. The minimum absolute atomic E-state index is 0.0270. The van der Waals surface area contributed by atoms with Crippen molar-refractivity contribution >= 4 is 16.9 Å².